The Morgan fingerprint density at radius 1 is 1.52 bits per heavy atom. The number of phenols is 1. The van der Waals surface area contributed by atoms with E-state index in [9.17, 15) is 20.0 Å². The van der Waals surface area contributed by atoms with Crippen LogP contribution in [0.4, 0.5) is 5.69 Å². The molecule has 1 aromatic heterocycles. The van der Waals surface area contributed by atoms with Crippen molar-refractivity contribution < 1.29 is 19.9 Å². The molecule has 0 radical (unpaired) electrons. The zero-order valence-corrected chi connectivity index (χ0v) is 11.3. The molecule has 2 aromatic rings. The van der Waals surface area contributed by atoms with E-state index in [1.54, 1.807) is 6.92 Å². The van der Waals surface area contributed by atoms with Crippen molar-refractivity contribution in [1.82, 2.24) is 4.98 Å². The molecule has 0 fully saturated rings. The van der Waals surface area contributed by atoms with Crippen LogP contribution in [0.1, 0.15) is 11.3 Å². The Kier molecular flexibility index (Phi) is 3.81. The number of nitrogens with zero attached hydrogens (tertiary/aromatic N) is 1. The minimum atomic E-state index is -1.06. The maximum atomic E-state index is 11.1. The molecule has 0 amide bonds. The molecule has 0 saturated heterocycles. The summed E-state index contributed by atoms with van der Waals surface area (Å²) in [5, 5.41) is 30.3. The zero-order valence-electron chi connectivity index (χ0n) is 11.3. The number of aryl methyl sites for hydroxylation is 1. The summed E-state index contributed by atoms with van der Waals surface area (Å²) in [6.45, 7) is 1.60. The predicted octanol–water partition coefficient (Wildman–Crippen LogP) is 1.29. The van der Waals surface area contributed by atoms with Gasteiger partial charge in [-0.25, -0.2) is 0 Å². The number of nitrogens with one attached hydrogen (secondary N) is 1. The average Bonchev–Trinajstić information content (AvgIpc) is 2.73. The molecule has 21 heavy (non-hydrogen) atoms. The molecule has 1 heterocycles. The molecular formula is C13H15N3O5. The van der Waals surface area contributed by atoms with Crippen molar-refractivity contribution >= 4 is 22.6 Å². The van der Waals surface area contributed by atoms with Crippen LogP contribution in [0, 0.1) is 23.0 Å². The Bertz CT molecular complexity index is 722. The lowest BCUT2D eigenvalue weighted by atomic mass is 9.96. The number of H-pyrrole nitrogens is 1. The molecule has 0 aliphatic heterocycles. The molecule has 0 spiro atoms. The third-order valence-electron chi connectivity index (χ3n) is 3.51. The number of hydrogen-bond acceptors (Lipinski definition) is 5. The summed E-state index contributed by atoms with van der Waals surface area (Å²) in [6, 6.07) is 2.43. The van der Waals surface area contributed by atoms with E-state index in [0.29, 0.717) is 11.3 Å². The van der Waals surface area contributed by atoms with Gasteiger partial charge in [0.1, 0.15) is 5.75 Å². The highest BCUT2D eigenvalue weighted by Gasteiger charge is 2.25. The van der Waals surface area contributed by atoms with Gasteiger partial charge in [-0.05, 0) is 25.0 Å². The van der Waals surface area contributed by atoms with Crippen LogP contribution in [-0.2, 0) is 11.2 Å². The monoisotopic (exact) mass is 293 g/mol. The van der Waals surface area contributed by atoms with E-state index in [1.807, 2.05) is 0 Å². The number of benzene rings is 1. The molecule has 0 saturated carbocycles. The topological polar surface area (TPSA) is 142 Å². The van der Waals surface area contributed by atoms with Gasteiger partial charge in [0.05, 0.1) is 21.7 Å². The normalized spacial score (nSPS) is 12.5. The number of carboxylic acids is 1. The fraction of sp³-hybridized carbons (Fsp3) is 0.308. The molecular weight excluding hydrogens is 278 g/mol. The zero-order chi connectivity index (χ0) is 15.7. The molecule has 0 bridgehead atoms. The van der Waals surface area contributed by atoms with Crippen LogP contribution < -0.4 is 5.73 Å². The summed E-state index contributed by atoms with van der Waals surface area (Å²) in [4.78, 5) is 24.6. The molecule has 1 aromatic carbocycles. The van der Waals surface area contributed by atoms with Crippen LogP contribution in [0.2, 0.25) is 0 Å². The third-order valence-corrected chi connectivity index (χ3v) is 3.51. The Labute approximate surface area is 119 Å². The van der Waals surface area contributed by atoms with Gasteiger partial charge in [-0.15, -0.1) is 0 Å². The van der Waals surface area contributed by atoms with Gasteiger partial charge in [0.25, 0.3) is 5.69 Å². The van der Waals surface area contributed by atoms with Crippen LogP contribution in [0.15, 0.2) is 12.1 Å². The quantitative estimate of drug-likeness (QED) is 0.483. The summed E-state index contributed by atoms with van der Waals surface area (Å²) in [5.74, 6) is -2.02. The van der Waals surface area contributed by atoms with Gasteiger partial charge in [0.15, 0.2) is 0 Å². The van der Waals surface area contributed by atoms with Crippen molar-refractivity contribution in [2.24, 2.45) is 11.7 Å². The molecule has 1 unspecified atom stereocenters. The van der Waals surface area contributed by atoms with Gasteiger partial charge in [0, 0.05) is 18.3 Å². The molecule has 1 atom stereocenters. The van der Waals surface area contributed by atoms with E-state index in [-0.39, 0.29) is 35.3 Å². The van der Waals surface area contributed by atoms with E-state index < -0.39 is 16.8 Å². The van der Waals surface area contributed by atoms with E-state index in [4.69, 9.17) is 10.8 Å². The largest absolute Gasteiger partial charge is 0.506 e. The molecule has 5 N–H and O–H groups in total. The fourth-order valence-electron chi connectivity index (χ4n) is 2.39. The second-order valence-electron chi connectivity index (χ2n) is 4.81. The average molecular weight is 293 g/mol. The number of carboxylic acid groups (broad SMARTS) is 1. The van der Waals surface area contributed by atoms with Crippen molar-refractivity contribution in [2.75, 3.05) is 6.54 Å². The van der Waals surface area contributed by atoms with Crippen LogP contribution >= 0.6 is 0 Å². The minimum absolute atomic E-state index is 0.0575. The van der Waals surface area contributed by atoms with Crippen molar-refractivity contribution in [2.45, 2.75) is 13.3 Å². The number of aromatic hydroxyl groups is 1. The SMILES string of the molecule is Cc1[nH]c2c(O)ccc([N+](=O)[O-])c2c1CC(CN)C(=O)O. The molecule has 0 aliphatic carbocycles. The van der Waals surface area contributed by atoms with Gasteiger partial charge in [-0.2, -0.15) is 0 Å². The van der Waals surface area contributed by atoms with E-state index in [2.05, 4.69) is 4.98 Å². The number of nitro groups is 1. The standard InChI is InChI=1S/C13H15N3O5/c1-6-8(4-7(5-14)13(18)19)11-9(16(20)21)2-3-10(17)12(11)15-6/h2-3,7,15,17H,4-5,14H2,1H3,(H,18,19). The lowest BCUT2D eigenvalue weighted by Gasteiger charge is -2.09. The number of phenolic OH excluding ortho intramolecular Hbond substituents is 1. The number of rotatable bonds is 5. The number of carbonyl (C=O) groups is 1. The smallest absolute Gasteiger partial charge is 0.308 e. The van der Waals surface area contributed by atoms with Crippen molar-refractivity contribution in [1.29, 1.82) is 0 Å². The minimum Gasteiger partial charge on any atom is -0.506 e. The van der Waals surface area contributed by atoms with Crippen molar-refractivity contribution in [3.8, 4) is 5.75 Å². The maximum Gasteiger partial charge on any atom is 0.308 e. The van der Waals surface area contributed by atoms with E-state index in [1.165, 1.54) is 12.1 Å². The fourth-order valence-corrected chi connectivity index (χ4v) is 2.39. The summed E-state index contributed by atoms with van der Waals surface area (Å²) in [6.07, 6.45) is 0.0575. The van der Waals surface area contributed by atoms with Crippen molar-refractivity contribution in [3.05, 3.63) is 33.5 Å². The molecule has 2 rings (SSSR count). The van der Waals surface area contributed by atoms with Crippen LogP contribution in [-0.4, -0.2) is 32.6 Å². The maximum absolute atomic E-state index is 11.1. The van der Waals surface area contributed by atoms with E-state index >= 15 is 0 Å². The summed E-state index contributed by atoms with van der Waals surface area (Å²) in [7, 11) is 0. The number of aliphatic carboxylic acids is 1. The lowest BCUT2D eigenvalue weighted by molar-refractivity contribution is -0.383. The summed E-state index contributed by atoms with van der Waals surface area (Å²) in [5.41, 5.74) is 6.56. The second kappa shape index (κ2) is 5.41. The molecule has 8 nitrogen and oxygen atoms in total. The number of aromatic nitrogens is 1. The highest BCUT2D eigenvalue weighted by Crippen LogP contribution is 2.37. The first-order chi connectivity index (χ1) is 9.86. The van der Waals surface area contributed by atoms with Crippen LogP contribution in [0.3, 0.4) is 0 Å². The van der Waals surface area contributed by atoms with Gasteiger partial charge < -0.3 is 20.9 Å². The number of hydrogen-bond donors (Lipinski definition) is 4. The van der Waals surface area contributed by atoms with Gasteiger partial charge in [0.2, 0.25) is 0 Å². The van der Waals surface area contributed by atoms with Crippen LogP contribution in [0.5, 0.6) is 5.75 Å². The second-order valence-corrected chi connectivity index (χ2v) is 4.81. The summed E-state index contributed by atoms with van der Waals surface area (Å²) >= 11 is 0. The Hall–Kier alpha value is -2.61. The predicted molar refractivity (Wildman–Crippen MR) is 75.2 cm³/mol. The van der Waals surface area contributed by atoms with E-state index in [0.717, 1.165) is 0 Å². The first kappa shape index (κ1) is 14.8. The Morgan fingerprint density at radius 2 is 2.19 bits per heavy atom. The molecule has 112 valence electrons. The first-order valence-electron chi connectivity index (χ1n) is 6.27. The van der Waals surface area contributed by atoms with Gasteiger partial charge in [-0.1, -0.05) is 0 Å². The summed E-state index contributed by atoms with van der Waals surface area (Å²) < 4.78 is 0. The number of nitrogens with two attached hydrogens (primary N) is 1. The van der Waals surface area contributed by atoms with Gasteiger partial charge >= 0.3 is 5.97 Å². The highest BCUT2D eigenvalue weighted by atomic mass is 16.6. The van der Waals surface area contributed by atoms with Gasteiger partial charge in [-0.3, -0.25) is 14.9 Å². The number of nitro benzene ring substituents is 1. The molecule has 8 heteroatoms. The third kappa shape index (κ3) is 2.52. The number of fused-ring (bicyclic) bond motifs is 1. The number of non-ortho nitro benzene ring substituents is 1. The number of aromatic amines is 1. The van der Waals surface area contributed by atoms with Crippen LogP contribution in [0.25, 0.3) is 10.9 Å². The first-order valence-corrected chi connectivity index (χ1v) is 6.27. The highest BCUT2D eigenvalue weighted by molar-refractivity contribution is 5.97. The Balaban J connectivity index is 2.68. The van der Waals surface area contributed by atoms with Crippen molar-refractivity contribution in [3.63, 3.8) is 0 Å². The lowest BCUT2D eigenvalue weighted by Crippen LogP contribution is -2.25. The molecule has 0 aliphatic rings. The Morgan fingerprint density at radius 3 is 2.71 bits per heavy atom.